The van der Waals surface area contributed by atoms with Gasteiger partial charge in [-0.25, -0.2) is 4.98 Å². The number of carboxylic acids is 1. The largest absolute Gasteiger partial charge is 0.481 e. The Bertz CT molecular complexity index is 1490. The summed E-state index contributed by atoms with van der Waals surface area (Å²) >= 11 is 1.19. The highest BCUT2D eigenvalue weighted by Crippen LogP contribution is 2.37. The van der Waals surface area contributed by atoms with Crippen LogP contribution in [-0.4, -0.2) is 93.9 Å². The zero-order valence-corrected chi connectivity index (χ0v) is 31.0. The fraction of sp³-hybridized carbons (Fsp3) is 0.622. The van der Waals surface area contributed by atoms with Gasteiger partial charge in [0.15, 0.2) is 6.10 Å². The summed E-state index contributed by atoms with van der Waals surface area (Å²) in [5.74, 6) is -2.87. The van der Waals surface area contributed by atoms with Crippen molar-refractivity contribution in [2.75, 3.05) is 20.6 Å². The minimum absolute atomic E-state index is 0.0305. The van der Waals surface area contributed by atoms with Gasteiger partial charge in [0.25, 0.3) is 5.91 Å². The lowest BCUT2D eigenvalue weighted by molar-refractivity contribution is -0.152. The third-order valence-electron chi connectivity index (χ3n) is 10.2. The van der Waals surface area contributed by atoms with Gasteiger partial charge in [0.2, 0.25) is 11.8 Å². The average Bonchev–Trinajstić information content (AvgIpc) is 3.55. The summed E-state index contributed by atoms with van der Waals surface area (Å²) in [7, 11) is 3.69. The number of nitrogens with one attached hydrogen (secondary N) is 2. The number of carbonyl (C=O) groups excluding carboxylic acids is 4. The molecule has 4 rings (SSSR count). The fourth-order valence-electron chi connectivity index (χ4n) is 7.05. The number of nitrogens with zero attached hydrogens (tertiary/aromatic N) is 3. The molecule has 2 fully saturated rings. The van der Waals surface area contributed by atoms with E-state index < -0.39 is 41.4 Å². The molecule has 1 aromatic heterocycles. The Labute approximate surface area is 299 Å². The average molecular weight is 712 g/mol. The van der Waals surface area contributed by atoms with Crippen LogP contribution in [0.15, 0.2) is 35.7 Å². The molecule has 50 heavy (non-hydrogen) atoms. The van der Waals surface area contributed by atoms with Crippen molar-refractivity contribution in [3.8, 4) is 0 Å². The van der Waals surface area contributed by atoms with E-state index in [4.69, 9.17) is 4.74 Å². The molecule has 0 bridgehead atoms. The molecule has 1 aliphatic heterocycles. The second-order valence-electron chi connectivity index (χ2n) is 14.4. The van der Waals surface area contributed by atoms with Gasteiger partial charge < -0.3 is 25.4 Å². The molecular weight excluding hydrogens is 659 g/mol. The summed E-state index contributed by atoms with van der Waals surface area (Å²) in [6, 6.07) is 8.47. The molecule has 274 valence electrons. The predicted octanol–water partition coefficient (Wildman–Crippen LogP) is 4.60. The number of thiazole rings is 1. The highest BCUT2D eigenvalue weighted by Gasteiger charge is 2.49. The second kappa shape index (κ2) is 17.4. The number of benzene rings is 1. The van der Waals surface area contributed by atoms with E-state index in [1.54, 1.807) is 24.3 Å². The Morgan fingerprint density at radius 1 is 1.08 bits per heavy atom. The third kappa shape index (κ3) is 9.90. The van der Waals surface area contributed by atoms with E-state index in [1.165, 1.54) is 18.3 Å². The van der Waals surface area contributed by atoms with Crippen molar-refractivity contribution in [1.29, 1.82) is 0 Å². The lowest BCUT2D eigenvalue weighted by atomic mass is 9.74. The Kier molecular flexibility index (Phi) is 13.5. The van der Waals surface area contributed by atoms with Crippen LogP contribution in [0.4, 0.5) is 0 Å². The lowest BCUT2D eigenvalue weighted by Gasteiger charge is -2.47. The van der Waals surface area contributed by atoms with Crippen molar-refractivity contribution in [2.24, 2.45) is 11.8 Å². The van der Waals surface area contributed by atoms with Gasteiger partial charge in [-0.05, 0) is 70.0 Å². The van der Waals surface area contributed by atoms with Gasteiger partial charge >= 0.3 is 11.9 Å². The zero-order chi connectivity index (χ0) is 36.6. The maximum Gasteiger partial charge on any atom is 0.306 e. The summed E-state index contributed by atoms with van der Waals surface area (Å²) in [5.41, 5.74) is 0.138. The third-order valence-corrected chi connectivity index (χ3v) is 11.1. The summed E-state index contributed by atoms with van der Waals surface area (Å²) in [5, 5.41) is 17.7. The quantitative estimate of drug-likeness (QED) is 0.212. The number of carboxylic acid groups (broad SMARTS) is 1. The van der Waals surface area contributed by atoms with Crippen LogP contribution in [0.25, 0.3) is 0 Å². The molecule has 1 saturated carbocycles. The normalized spacial score (nSPS) is 19.7. The number of esters is 1. The summed E-state index contributed by atoms with van der Waals surface area (Å²) in [6.07, 6.45) is 4.89. The van der Waals surface area contributed by atoms with Crippen molar-refractivity contribution >= 4 is 41.0 Å². The first-order valence-electron chi connectivity index (χ1n) is 17.7. The van der Waals surface area contributed by atoms with Gasteiger partial charge in [0.05, 0.1) is 12.0 Å². The van der Waals surface area contributed by atoms with Gasteiger partial charge in [0, 0.05) is 37.9 Å². The summed E-state index contributed by atoms with van der Waals surface area (Å²) < 4.78 is 5.76. The minimum atomic E-state index is -0.963. The van der Waals surface area contributed by atoms with Crippen molar-refractivity contribution in [2.45, 2.75) is 115 Å². The van der Waals surface area contributed by atoms with Crippen LogP contribution in [0.1, 0.15) is 106 Å². The number of rotatable bonds is 16. The topological polar surface area (TPSA) is 158 Å². The highest BCUT2D eigenvalue weighted by atomic mass is 32.1. The summed E-state index contributed by atoms with van der Waals surface area (Å²) in [6.45, 7) is 7.76. The van der Waals surface area contributed by atoms with Gasteiger partial charge in [0.1, 0.15) is 16.2 Å². The van der Waals surface area contributed by atoms with E-state index >= 15 is 0 Å². The van der Waals surface area contributed by atoms with Crippen LogP contribution >= 0.6 is 11.3 Å². The maximum atomic E-state index is 14.2. The Hall–Kier alpha value is -3.84. The molecule has 3 N–H and O–H groups in total. The first-order chi connectivity index (χ1) is 23.7. The Morgan fingerprint density at radius 3 is 2.36 bits per heavy atom. The number of aromatic nitrogens is 1. The standard InChI is InChI=1S/C37H53N5O7S/c1-23(2)30(42(6)36(48)37(16-12-17-37)40-33(45)29-15-10-11-18-41(29)5)21-31(49-25(4)43)34-39-28(22-50-34)32(44)38-27(19-24(3)35(46)47)20-26-13-8-7-9-14-26/h7-9,13-14,22-24,27,29-31H,10-12,15-21H2,1-6H3,(H,38,44)(H,40,45)(H,46,47)/t24?,27?,29?,30-,31-/m1/s1. The fourth-order valence-corrected chi connectivity index (χ4v) is 7.89. The number of piperidine rings is 1. The number of carbonyl (C=O) groups is 5. The Morgan fingerprint density at radius 2 is 1.78 bits per heavy atom. The number of hydrogen-bond acceptors (Lipinski definition) is 9. The molecule has 1 saturated heterocycles. The van der Waals surface area contributed by atoms with Gasteiger partial charge in [-0.15, -0.1) is 11.3 Å². The van der Waals surface area contributed by atoms with E-state index in [9.17, 15) is 29.1 Å². The molecule has 3 amide bonds. The number of ether oxygens (including phenoxy) is 1. The summed E-state index contributed by atoms with van der Waals surface area (Å²) in [4.78, 5) is 73.2. The van der Waals surface area contributed by atoms with Crippen LogP contribution < -0.4 is 10.6 Å². The Balaban J connectivity index is 1.49. The van der Waals surface area contributed by atoms with E-state index in [1.807, 2.05) is 51.2 Å². The van der Waals surface area contributed by atoms with Crippen molar-refractivity contribution in [3.05, 3.63) is 52.0 Å². The molecule has 3 unspecified atom stereocenters. The van der Waals surface area contributed by atoms with E-state index in [0.29, 0.717) is 24.3 Å². The first-order valence-corrected chi connectivity index (χ1v) is 18.6. The smallest absolute Gasteiger partial charge is 0.306 e. The van der Waals surface area contributed by atoms with E-state index in [-0.39, 0.29) is 48.4 Å². The van der Waals surface area contributed by atoms with Crippen LogP contribution in [0.2, 0.25) is 0 Å². The number of hydrogen-bond donors (Lipinski definition) is 3. The van der Waals surface area contributed by atoms with Gasteiger partial charge in [-0.2, -0.15) is 0 Å². The first kappa shape index (κ1) is 39.0. The molecule has 5 atom stereocenters. The minimum Gasteiger partial charge on any atom is -0.481 e. The predicted molar refractivity (Wildman–Crippen MR) is 190 cm³/mol. The zero-order valence-electron chi connectivity index (χ0n) is 30.1. The van der Waals surface area contributed by atoms with Gasteiger partial charge in [-0.1, -0.05) is 57.5 Å². The molecule has 13 heteroatoms. The molecular formula is C37H53N5O7S. The lowest BCUT2D eigenvalue weighted by Crippen LogP contribution is -2.66. The van der Waals surface area contributed by atoms with Crippen molar-refractivity contribution < 1.29 is 33.8 Å². The molecule has 0 radical (unpaired) electrons. The molecule has 2 aliphatic rings. The maximum absolute atomic E-state index is 14.2. The number of amides is 3. The molecule has 12 nitrogen and oxygen atoms in total. The van der Waals surface area contributed by atoms with Gasteiger partial charge in [-0.3, -0.25) is 28.9 Å². The van der Waals surface area contributed by atoms with Crippen molar-refractivity contribution in [3.63, 3.8) is 0 Å². The molecule has 1 aliphatic carbocycles. The van der Waals surface area contributed by atoms with E-state index in [2.05, 4.69) is 20.5 Å². The SMILES string of the molecule is CC(=O)O[C@H](C[C@H](C(C)C)N(C)C(=O)C1(NC(=O)C2CCCCN2C)CCC1)c1nc(C(=O)NC(Cc2ccccc2)CC(C)C(=O)O)cs1. The van der Waals surface area contributed by atoms with Crippen LogP contribution in [0.3, 0.4) is 0 Å². The second-order valence-corrected chi connectivity index (χ2v) is 15.3. The van der Waals surface area contributed by atoms with Crippen molar-refractivity contribution in [1.82, 2.24) is 25.4 Å². The molecule has 2 heterocycles. The van der Waals surface area contributed by atoms with Crippen LogP contribution in [0, 0.1) is 11.8 Å². The highest BCUT2D eigenvalue weighted by molar-refractivity contribution is 7.09. The van der Waals surface area contributed by atoms with Crippen LogP contribution in [0.5, 0.6) is 0 Å². The number of likely N-dealkylation sites (N-methyl/N-ethyl adjacent to an activating group) is 2. The molecule has 1 aromatic carbocycles. The van der Waals surface area contributed by atoms with E-state index in [0.717, 1.165) is 37.8 Å². The number of aliphatic carboxylic acids is 1. The number of likely N-dealkylation sites (tertiary alicyclic amines) is 1. The molecule has 2 aromatic rings. The van der Waals surface area contributed by atoms with Crippen LogP contribution in [-0.2, 0) is 30.3 Å². The monoisotopic (exact) mass is 711 g/mol. The molecule has 0 spiro atoms.